The maximum absolute atomic E-state index is 12.7. The highest BCUT2D eigenvalue weighted by molar-refractivity contribution is 6.30. The van der Waals surface area contributed by atoms with Gasteiger partial charge in [0, 0.05) is 18.5 Å². The van der Waals surface area contributed by atoms with E-state index in [1.807, 2.05) is 32.0 Å². The van der Waals surface area contributed by atoms with Crippen LogP contribution in [0.25, 0.3) is 0 Å². The van der Waals surface area contributed by atoms with Gasteiger partial charge in [0.15, 0.2) is 18.1 Å². The molecule has 3 heterocycles. The van der Waals surface area contributed by atoms with Gasteiger partial charge in [0.1, 0.15) is 11.7 Å². The number of carbonyl (C=O) groups is 1. The van der Waals surface area contributed by atoms with Crippen molar-refractivity contribution in [2.24, 2.45) is 0 Å². The van der Waals surface area contributed by atoms with Gasteiger partial charge in [0.05, 0.1) is 24.0 Å². The molecule has 1 amide bonds. The summed E-state index contributed by atoms with van der Waals surface area (Å²) in [6, 6.07) is 6.07. The Kier molecular flexibility index (Phi) is 5.50. The van der Waals surface area contributed by atoms with Gasteiger partial charge < -0.3 is 19.1 Å². The molecule has 2 aliphatic rings. The number of rotatable bonds is 5. The van der Waals surface area contributed by atoms with E-state index in [-0.39, 0.29) is 30.2 Å². The number of fused-ring (bicyclic) bond motifs is 1. The molecule has 8 heteroatoms. The zero-order valence-corrected chi connectivity index (χ0v) is 17.3. The van der Waals surface area contributed by atoms with Crippen LogP contribution in [0.5, 0.6) is 17.5 Å². The van der Waals surface area contributed by atoms with Gasteiger partial charge in [-0.05, 0) is 32.8 Å². The third-order valence-corrected chi connectivity index (χ3v) is 5.20. The molecule has 1 saturated heterocycles. The van der Waals surface area contributed by atoms with Crippen LogP contribution in [0.1, 0.15) is 32.3 Å². The highest BCUT2D eigenvalue weighted by Crippen LogP contribution is 2.41. The molecule has 1 atom stereocenters. The van der Waals surface area contributed by atoms with Gasteiger partial charge >= 0.3 is 6.01 Å². The zero-order chi connectivity index (χ0) is 20.4. The number of nitrogens with zero attached hydrogens (tertiary/aromatic N) is 3. The average molecular weight is 418 g/mol. The van der Waals surface area contributed by atoms with E-state index in [1.165, 1.54) is 12.4 Å². The number of para-hydroxylation sites is 1. The summed E-state index contributed by atoms with van der Waals surface area (Å²) in [5, 5.41) is 0.453. The van der Waals surface area contributed by atoms with Crippen molar-refractivity contribution in [2.75, 3.05) is 19.7 Å². The molecule has 0 N–H and O–H groups in total. The Morgan fingerprint density at radius 2 is 2.14 bits per heavy atom. The number of benzene rings is 1. The SMILES string of the molecule is CC1(C)Cc2cccc(OCC(=O)N3CCC[C@@H](Oc4ncc(Cl)cn4)C3)c2O1. The Morgan fingerprint density at radius 3 is 2.93 bits per heavy atom. The number of carbonyl (C=O) groups excluding carboxylic acids is 1. The normalized spacial score (nSPS) is 20.0. The van der Waals surface area contributed by atoms with Crippen LogP contribution in [-0.4, -0.2) is 52.2 Å². The summed E-state index contributed by atoms with van der Waals surface area (Å²) in [7, 11) is 0. The van der Waals surface area contributed by atoms with Crippen molar-refractivity contribution in [3.8, 4) is 17.5 Å². The number of piperidine rings is 1. The van der Waals surface area contributed by atoms with E-state index in [9.17, 15) is 4.79 Å². The lowest BCUT2D eigenvalue weighted by Gasteiger charge is -2.32. The lowest BCUT2D eigenvalue weighted by molar-refractivity contribution is -0.136. The van der Waals surface area contributed by atoms with Gasteiger partial charge in [-0.15, -0.1) is 0 Å². The molecule has 2 aliphatic heterocycles. The first-order valence-corrected chi connectivity index (χ1v) is 10.1. The molecule has 0 aliphatic carbocycles. The Hall–Kier alpha value is -2.54. The third-order valence-electron chi connectivity index (χ3n) is 5.01. The summed E-state index contributed by atoms with van der Waals surface area (Å²) in [5.41, 5.74) is 0.849. The first-order chi connectivity index (χ1) is 13.9. The van der Waals surface area contributed by atoms with E-state index in [0.717, 1.165) is 30.6 Å². The molecule has 0 spiro atoms. The average Bonchev–Trinajstić information content (AvgIpc) is 3.02. The van der Waals surface area contributed by atoms with Crippen molar-refractivity contribution in [2.45, 2.75) is 44.8 Å². The fourth-order valence-corrected chi connectivity index (χ4v) is 3.80. The Morgan fingerprint density at radius 1 is 1.34 bits per heavy atom. The molecule has 1 aromatic carbocycles. The first-order valence-electron chi connectivity index (χ1n) is 9.75. The van der Waals surface area contributed by atoms with Gasteiger partial charge in [-0.1, -0.05) is 23.7 Å². The topological polar surface area (TPSA) is 73.8 Å². The summed E-state index contributed by atoms with van der Waals surface area (Å²) in [6.07, 6.45) is 5.34. The summed E-state index contributed by atoms with van der Waals surface area (Å²) < 4.78 is 17.6. The minimum Gasteiger partial charge on any atom is -0.483 e. The smallest absolute Gasteiger partial charge is 0.316 e. The molecule has 7 nitrogen and oxygen atoms in total. The van der Waals surface area contributed by atoms with Crippen LogP contribution < -0.4 is 14.2 Å². The van der Waals surface area contributed by atoms with Crippen LogP contribution in [0.15, 0.2) is 30.6 Å². The third kappa shape index (κ3) is 4.72. The van der Waals surface area contributed by atoms with E-state index in [4.69, 9.17) is 25.8 Å². The Labute approximate surface area is 174 Å². The van der Waals surface area contributed by atoms with Crippen LogP contribution in [0.4, 0.5) is 0 Å². The molecule has 0 saturated carbocycles. The molecule has 1 aromatic heterocycles. The van der Waals surface area contributed by atoms with Crippen molar-refractivity contribution < 1.29 is 19.0 Å². The highest BCUT2D eigenvalue weighted by atomic mass is 35.5. The second-order valence-electron chi connectivity index (χ2n) is 7.98. The summed E-state index contributed by atoms with van der Waals surface area (Å²) in [6.45, 7) is 5.20. The van der Waals surface area contributed by atoms with Crippen molar-refractivity contribution >= 4 is 17.5 Å². The lowest BCUT2D eigenvalue weighted by atomic mass is 10.0. The number of likely N-dealkylation sites (tertiary alicyclic amines) is 1. The number of amides is 1. The number of halogens is 1. The molecule has 0 radical (unpaired) electrons. The molecule has 1 fully saturated rings. The van der Waals surface area contributed by atoms with Crippen LogP contribution in [0, 0.1) is 0 Å². The monoisotopic (exact) mass is 417 g/mol. The lowest BCUT2D eigenvalue weighted by Crippen LogP contribution is -2.46. The molecule has 4 rings (SSSR count). The van der Waals surface area contributed by atoms with E-state index >= 15 is 0 Å². The van der Waals surface area contributed by atoms with Crippen molar-refractivity contribution in [1.29, 1.82) is 0 Å². The van der Waals surface area contributed by atoms with E-state index < -0.39 is 0 Å². The van der Waals surface area contributed by atoms with E-state index in [0.29, 0.717) is 23.9 Å². The van der Waals surface area contributed by atoms with E-state index in [1.54, 1.807) is 4.90 Å². The molecular weight excluding hydrogens is 394 g/mol. The molecule has 29 heavy (non-hydrogen) atoms. The molecule has 0 unspecified atom stereocenters. The predicted octanol–water partition coefficient (Wildman–Crippen LogP) is 3.29. The standard InChI is InChI=1S/C21H24ClN3O4/c1-21(2)9-14-5-3-7-17(19(14)29-21)27-13-18(26)25-8-4-6-16(12-25)28-20-23-10-15(22)11-24-20/h3,5,7,10-11,16H,4,6,8-9,12-13H2,1-2H3/t16-/m1/s1. The number of ether oxygens (including phenoxy) is 3. The molecule has 0 bridgehead atoms. The minimum absolute atomic E-state index is 0.0373. The number of aromatic nitrogens is 2. The van der Waals surface area contributed by atoms with Crippen LogP contribution in [0.3, 0.4) is 0 Å². The van der Waals surface area contributed by atoms with Gasteiger partial charge in [-0.25, -0.2) is 9.97 Å². The largest absolute Gasteiger partial charge is 0.483 e. The molecular formula is C21H24ClN3O4. The second kappa shape index (κ2) is 8.06. The molecule has 2 aromatic rings. The summed E-state index contributed by atoms with van der Waals surface area (Å²) >= 11 is 5.80. The fourth-order valence-electron chi connectivity index (χ4n) is 3.70. The van der Waals surface area contributed by atoms with Crippen molar-refractivity contribution in [3.05, 3.63) is 41.2 Å². The predicted molar refractivity (Wildman–Crippen MR) is 108 cm³/mol. The van der Waals surface area contributed by atoms with Crippen LogP contribution in [0.2, 0.25) is 5.02 Å². The van der Waals surface area contributed by atoms with Gasteiger partial charge in [0.25, 0.3) is 5.91 Å². The van der Waals surface area contributed by atoms with Crippen LogP contribution in [-0.2, 0) is 11.2 Å². The second-order valence-corrected chi connectivity index (χ2v) is 8.41. The number of hydrogen-bond donors (Lipinski definition) is 0. The Balaban J connectivity index is 1.33. The fraction of sp³-hybridized carbons (Fsp3) is 0.476. The van der Waals surface area contributed by atoms with Crippen molar-refractivity contribution in [3.63, 3.8) is 0 Å². The highest BCUT2D eigenvalue weighted by Gasteiger charge is 2.33. The van der Waals surface area contributed by atoms with Gasteiger partial charge in [-0.3, -0.25) is 4.79 Å². The van der Waals surface area contributed by atoms with Crippen LogP contribution >= 0.6 is 11.6 Å². The first kappa shape index (κ1) is 19.8. The van der Waals surface area contributed by atoms with Gasteiger partial charge in [0.2, 0.25) is 0 Å². The van der Waals surface area contributed by atoms with Crippen molar-refractivity contribution in [1.82, 2.24) is 14.9 Å². The molecule has 154 valence electrons. The summed E-state index contributed by atoms with van der Waals surface area (Å²) in [4.78, 5) is 22.6. The van der Waals surface area contributed by atoms with Gasteiger partial charge in [-0.2, -0.15) is 0 Å². The Bertz CT molecular complexity index is 888. The maximum Gasteiger partial charge on any atom is 0.316 e. The zero-order valence-electron chi connectivity index (χ0n) is 16.6. The van der Waals surface area contributed by atoms with E-state index in [2.05, 4.69) is 9.97 Å². The number of hydrogen-bond acceptors (Lipinski definition) is 6. The quantitative estimate of drug-likeness (QED) is 0.743. The maximum atomic E-state index is 12.7. The summed E-state index contributed by atoms with van der Waals surface area (Å²) in [5.74, 6) is 1.27. The minimum atomic E-state index is -0.257.